The molecule has 0 aromatic carbocycles. The Kier molecular flexibility index (Phi) is 3.26. The quantitative estimate of drug-likeness (QED) is 0.619. The van der Waals surface area contributed by atoms with E-state index in [0.717, 1.165) is 19.2 Å². The molecule has 1 fully saturated rings. The minimum atomic E-state index is -0.483. The highest BCUT2D eigenvalue weighted by Crippen LogP contribution is 2.12. The Morgan fingerprint density at radius 3 is 2.69 bits per heavy atom. The van der Waals surface area contributed by atoms with E-state index in [0.29, 0.717) is 6.54 Å². The fourth-order valence-corrected chi connectivity index (χ4v) is 2.06. The van der Waals surface area contributed by atoms with Gasteiger partial charge in [0.25, 0.3) is 0 Å². The Bertz CT molecular complexity index is 420. The first-order valence-electron chi connectivity index (χ1n) is 5.50. The predicted molar refractivity (Wildman–Crippen MR) is 56.2 cm³/mol. The van der Waals surface area contributed by atoms with Crippen LogP contribution in [-0.4, -0.2) is 23.3 Å². The van der Waals surface area contributed by atoms with Crippen molar-refractivity contribution in [2.45, 2.75) is 26.0 Å². The monoisotopic (exact) mass is 226 g/mol. The molecular formula is C11H16NO4+. The summed E-state index contributed by atoms with van der Waals surface area (Å²) in [5.41, 5.74) is -0.483. The number of hydrogen-bond donors (Lipinski definition) is 3. The van der Waals surface area contributed by atoms with Crippen LogP contribution < -0.4 is 10.3 Å². The van der Waals surface area contributed by atoms with E-state index < -0.39 is 5.43 Å². The van der Waals surface area contributed by atoms with Crippen LogP contribution in [0.4, 0.5) is 0 Å². The van der Waals surface area contributed by atoms with Crippen molar-refractivity contribution in [3.63, 3.8) is 0 Å². The molecule has 1 aliphatic heterocycles. The van der Waals surface area contributed by atoms with Gasteiger partial charge in [-0.2, -0.15) is 0 Å². The first kappa shape index (κ1) is 11.2. The van der Waals surface area contributed by atoms with E-state index in [9.17, 15) is 9.90 Å². The van der Waals surface area contributed by atoms with Crippen LogP contribution in [0.3, 0.4) is 0 Å². The van der Waals surface area contributed by atoms with Gasteiger partial charge in [-0.05, 0) is 0 Å². The zero-order chi connectivity index (χ0) is 11.5. The molecule has 0 aliphatic carbocycles. The van der Waals surface area contributed by atoms with Crippen LogP contribution in [0.2, 0.25) is 0 Å². The Hall–Kier alpha value is -1.33. The van der Waals surface area contributed by atoms with Gasteiger partial charge in [-0.3, -0.25) is 4.79 Å². The molecule has 2 heterocycles. The number of aromatic hydroxyl groups is 1. The summed E-state index contributed by atoms with van der Waals surface area (Å²) in [6.07, 6.45) is 2.33. The Morgan fingerprint density at radius 2 is 2.06 bits per heavy atom. The van der Waals surface area contributed by atoms with Gasteiger partial charge in [0.2, 0.25) is 16.9 Å². The maximum absolute atomic E-state index is 11.4. The topological polar surface area (TPSA) is 75.1 Å². The van der Waals surface area contributed by atoms with Crippen molar-refractivity contribution in [3.8, 4) is 5.75 Å². The molecule has 0 saturated carbocycles. The fourth-order valence-electron chi connectivity index (χ4n) is 2.06. The van der Waals surface area contributed by atoms with Crippen LogP contribution >= 0.6 is 0 Å². The van der Waals surface area contributed by atoms with Crippen molar-refractivity contribution in [2.75, 3.05) is 13.1 Å². The minimum absolute atomic E-state index is 0.205. The summed E-state index contributed by atoms with van der Waals surface area (Å²) in [6, 6.07) is 1.12. The average Bonchev–Trinajstić information content (AvgIpc) is 2.77. The maximum Gasteiger partial charge on any atom is 0.227 e. The van der Waals surface area contributed by atoms with Crippen LogP contribution in [0.1, 0.15) is 24.4 Å². The van der Waals surface area contributed by atoms with Crippen LogP contribution in [-0.2, 0) is 13.2 Å². The van der Waals surface area contributed by atoms with Crippen LogP contribution in [0.15, 0.2) is 15.3 Å². The average molecular weight is 226 g/mol. The van der Waals surface area contributed by atoms with Crippen molar-refractivity contribution in [1.29, 1.82) is 0 Å². The SMILES string of the molecule is O=c1cc(CO)oc(C[NH+]2CCCC2)c1O. The molecule has 1 aromatic rings. The first-order chi connectivity index (χ1) is 7.70. The summed E-state index contributed by atoms with van der Waals surface area (Å²) in [5.74, 6) is 0.168. The molecule has 0 bridgehead atoms. The highest BCUT2D eigenvalue weighted by atomic mass is 16.4. The number of quaternary nitrogens is 1. The molecule has 1 aliphatic rings. The lowest BCUT2D eigenvalue weighted by molar-refractivity contribution is -0.902. The number of hydrogen-bond acceptors (Lipinski definition) is 4. The fraction of sp³-hybridized carbons (Fsp3) is 0.545. The molecule has 0 radical (unpaired) electrons. The zero-order valence-corrected chi connectivity index (χ0v) is 9.03. The standard InChI is InChI=1S/C11H15NO4/c13-7-8-5-9(14)11(15)10(16-8)6-12-3-1-2-4-12/h5,13,15H,1-4,6-7H2/p+1. The van der Waals surface area contributed by atoms with E-state index >= 15 is 0 Å². The molecule has 0 atom stereocenters. The van der Waals surface area contributed by atoms with Crippen molar-refractivity contribution < 1.29 is 19.5 Å². The van der Waals surface area contributed by atoms with Crippen molar-refractivity contribution in [1.82, 2.24) is 0 Å². The third-order valence-electron chi connectivity index (χ3n) is 2.92. The van der Waals surface area contributed by atoms with Crippen molar-refractivity contribution >= 4 is 0 Å². The number of rotatable bonds is 3. The second-order valence-electron chi connectivity index (χ2n) is 4.14. The lowest BCUT2D eigenvalue weighted by atomic mass is 10.3. The van der Waals surface area contributed by atoms with Gasteiger partial charge < -0.3 is 19.5 Å². The highest BCUT2D eigenvalue weighted by Gasteiger charge is 2.20. The molecule has 88 valence electrons. The number of likely N-dealkylation sites (tertiary alicyclic amines) is 1. The second kappa shape index (κ2) is 4.67. The lowest BCUT2D eigenvalue weighted by Crippen LogP contribution is -3.08. The zero-order valence-electron chi connectivity index (χ0n) is 9.03. The summed E-state index contributed by atoms with van der Waals surface area (Å²) >= 11 is 0. The first-order valence-corrected chi connectivity index (χ1v) is 5.50. The minimum Gasteiger partial charge on any atom is -0.502 e. The van der Waals surface area contributed by atoms with E-state index in [1.54, 1.807) is 0 Å². The van der Waals surface area contributed by atoms with Gasteiger partial charge in [0.1, 0.15) is 18.9 Å². The third kappa shape index (κ3) is 2.25. The molecule has 16 heavy (non-hydrogen) atoms. The molecule has 5 nitrogen and oxygen atoms in total. The number of aliphatic hydroxyl groups excluding tert-OH is 1. The van der Waals surface area contributed by atoms with Gasteiger partial charge in [-0.1, -0.05) is 0 Å². The summed E-state index contributed by atoms with van der Waals surface area (Å²) in [5, 5.41) is 18.5. The molecular weight excluding hydrogens is 210 g/mol. The Balaban J connectivity index is 2.24. The molecule has 1 saturated heterocycles. The lowest BCUT2D eigenvalue weighted by Gasteiger charge is -2.12. The van der Waals surface area contributed by atoms with E-state index in [4.69, 9.17) is 9.52 Å². The predicted octanol–water partition coefficient (Wildman–Crippen LogP) is -0.984. The van der Waals surface area contributed by atoms with Gasteiger partial charge >= 0.3 is 0 Å². The Morgan fingerprint density at radius 1 is 1.38 bits per heavy atom. The van der Waals surface area contributed by atoms with Crippen LogP contribution in [0.5, 0.6) is 5.75 Å². The molecule has 1 aromatic heterocycles. The smallest absolute Gasteiger partial charge is 0.227 e. The largest absolute Gasteiger partial charge is 0.502 e. The molecule has 2 rings (SSSR count). The van der Waals surface area contributed by atoms with Gasteiger partial charge in [0.15, 0.2) is 0 Å². The second-order valence-corrected chi connectivity index (χ2v) is 4.14. The Labute approximate surface area is 92.9 Å². The van der Waals surface area contributed by atoms with Gasteiger partial charge in [0.05, 0.1) is 13.1 Å². The molecule has 0 amide bonds. The summed E-state index contributed by atoms with van der Waals surface area (Å²) in [6.45, 7) is 2.26. The van der Waals surface area contributed by atoms with Crippen LogP contribution in [0.25, 0.3) is 0 Å². The molecule has 0 spiro atoms. The van der Waals surface area contributed by atoms with Crippen molar-refractivity contribution in [3.05, 3.63) is 27.8 Å². The number of nitrogens with one attached hydrogen (secondary N) is 1. The van der Waals surface area contributed by atoms with E-state index in [1.165, 1.54) is 17.7 Å². The normalized spacial score (nSPS) is 16.8. The third-order valence-corrected chi connectivity index (χ3v) is 2.92. The highest BCUT2D eigenvalue weighted by molar-refractivity contribution is 5.24. The summed E-state index contributed by atoms with van der Waals surface area (Å²) in [4.78, 5) is 12.7. The summed E-state index contributed by atoms with van der Waals surface area (Å²) in [7, 11) is 0. The van der Waals surface area contributed by atoms with Gasteiger partial charge in [-0.25, -0.2) is 0 Å². The van der Waals surface area contributed by atoms with Gasteiger partial charge in [0, 0.05) is 18.9 Å². The molecule has 0 unspecified atom stereocenters. The molecule has 3 N–H and O–H groups in total. The van der Waals surface area contributed by atoms with E-state index in [-0.39, 0.29) is 23.9 Å². The summed E-state index contributed by atoms with van der Waals surface area (Å²) < 4.78 is 5.28. The number of aliphatic hydroxyl groups is 1. The van der Waals surface area contributed by atoms with Crippen LogP contribution in [0, 0.1) is 0 Å². The molecule has 5 heteroatoms. The van der Waals surface area contributed by atoms with Gasteiger partial charge in [-0.15, -0.1) is 0 Å². The maximum atomic E-state index is 11.4. The van der Waals surface area contributed by atoms with E-state index in [1.807, 2.05) is 0 Å². The van der Waals surface area contributed by atoms with Crippen molar-refractivity contribution in [2.24, 2.45) is 0 Å². The van der Waals surface area contributed by atoms with E-state index in [2.05, 4.69) is 0 Å².